The van der Waals surface area contributed by atoms with Crippen molar-refractivity contribution in [2.45, 2.75) is 12.5 Å². The van der Waals surface area contributed by atoms with E-state index in [0.717, 1.165) is 11.4 Å². The van der Waals surface area contributed by atoms with Crippen molar-refractivity contribution in [3.63, 3.8) is 0 Å². The summed E-state index contributed by atoms with van der Waals surface area (Å²) in [6.07, 6.45) is 0.486. The van der Waals surface area contributed by atoms with E-state index >= 15 is 0 Å². The van der Waals surface area contributed by atoms with Crippen LogP contribution >= 0.6 is 11.8 Å². The van der Waals surface area contributed by atoms with Crippen LogP contribution in [0.4, 0.5) is 5.69 Å². The van der Waals surface area contributed by atoms with Crippen LogP contribution in [0.3, 0.4) is 0 Å². The summed E-state index contributed by atoms with van der Waals surface area (Å²) in [6, 6.07) is 8.81. The van der Waals surface area contributed by atoms with Gasteiger partial charge in [0.25, 0.3) is 0 Å². The highest BCUT2D eigenvalue weighted by molar-refractivity contribution is 7.99. The number of amides is 2. The van der Waals surface area contributed by atoms with Gasteiger partial charge >= 0.3 is 0 Å². The highest BCUT2D eigenvalue weighted by Crippen LogP contribution is 2.12. The van der Waals surface area contributed by atoms with Crippen LogP contribution in [-0.2, 0) is 9.59 Å². The second-order valence-corrected chi connectivity index (χ2v) is 4.95. The first-order valence-electron chi connectivity index (χ1n) is 5.49. The fraction of sp³-hybridized carbons (Fsp3) is 0.333. The fourth-order valence-electron chi connectivity index (χ4n) is 1.57. The lowest BCUT2D eigenvalue weighted by Crippen LogP contribution is -2.44. The summed E-state index contributed by atoms with van der Waals surface area (Å²) in [5.74, 6) is 1.20. The van der Waals surface area contributed by atoms with Crippen LogP contribution in [0, 0.1) is 0 Å². The number of nitrogens with one attached hydrogen (secondary N) is 2. The Morgan fingerprint density at radius 3 is 2.88 bits per heavy atom. The molecule has 4 nitrogen and oxygen atoms in total. The predicted molar refractivity (Wildman–Crippen MR) is 68.9 cm³/mol. The van der Waals surface area contributed by atoms with E-state index in [0.29, 0.717) is 12.2 Å². The molecular formula is C12H14N2O2S. The van der Waals surface area contributed by atoms with Gasteiger partial charge in [-0.2, -0.15) is 11.8 Å². The molecule has 1 saturated heterocycles. The van der Waals surface area contributed by atoms with Crippen molar-refractivity contribution in [1.29, 1.82) is 0 Å². The summed E-state index contributed by atoms with van der Waals surface area (Å²) in [6.45, 7) is 0. The summed E-state index contributed by atoms with van der Waals surface area (Å²) in [4.78, 5) is 23.3. The molecule has 0 spiro atoms. The number of hydrogen-bond donors (Lipinski definition) is 2. The third kappa shape index (κ3) is 3.49. The van der Waals surface area contributed by atoms with E-state index in [1.54, 1.807) is 11.8 Å². The zero-order valence-electron chi connectivity index (χ0n) is 9.31. The molecule has 0 aromatic heterocycles. The van der Waals surface area contributed by atoms with Crippen molar-refractivity contribution in [1.82, 2.24) is 5.32 Å². The van der Waals surface area contributed by atoms with Crippen LogP contribution in [0.15, 0.2) is 30.3 Å². The summed E-state index contributed by atoms with van der Waals surface area (Å²) in [7, 11) is 0. The molecule has 0 aliphatic carbocycles. The van der Waals surface area contributed by atoms with Gasteiger partial charge in [0.1, 0.15) is 6.04 Å². The minimum atomic E-state index is -0.435. The molecule has 1 fully saturated rings. The predicted octanol–water partition coefficient (Wildman–Crippen LogP) is 1.25. The Morgan fingerprint density at radius 2 is 2.12 bits per heavy atom. The molecule has 0 radical (unpaired) electrons. The first-order valence-corrected chi connectivity index (χ1v) is 6.64. The third-order valence-electron chi connectivity index (χ3n) is 2.45. The summed E-state index contributed by atoms with van der Waals surface area (Å²) < 4.78 is 0. The average Bonchev–Trinajstić information content (AvgIpc) is 2.55. The topological polar surface area (TPSA) is 58.2 Å². The standard InChI is InChI=1S/C12H14N2O2S/c15-11-6-7-17-8-10(14-11)12(16)13-9-4-2-1-3-5-9/h1-5,10H,6-8H2,(H,13,16)(H,14,15)/t10-/m1/s1. The maximum Gasteiger partial charge on any atom is 0.247 e. The Bertz CT molecular complexity index is 408. The lowest BCUT2D eigenvalue weighted by molar-refractivity contribution is -0.125. The van der Waals surface area contributed by atoms with Crippen molar-refractivity contribution in [2.24, 2.45) is 0 Å². The van der Waals surface area contributed by atoms with Crippen molar-refractivity contribution >= 4 is 29.3 Å². The van der Waals surface area contributed by atoms with Crippen molar-refractivity contribution in [2.75, 3.05) is 16.8 Å². The van der Waals surface area contributed by atoms with Gasteiger partial charge in [0, 0.05) is 23.6 Å². The first-order chi connectivity index (χ1) is 8.25. The number of thioether (sulfide) groups is 1. The molecule has 0 saturated carbocycles. The zero-order valence-corrected chi connectivity index (χ0v) is 10.1. The Hall–Kier alpha value is -1.49. The quantitative estimate of drug-likeness (QED) is 0.830. The second-order valence-electron chi connectivity index (χ2n) is 3.80. The summed E-state index contributed by atoms with van der Waals surface area (Å²) in [5, 5.41) is 5.52. The van der Waals surface area contributed by atoms with Gasteiger partial charge in [-0.05, 0) is 12.1 Å². The molecule has 1 aromatic carbocycles. The zero-order chi connectivity index (χ0) is 12.1. The molecule has 0 unspecified atom stereocenters. The molecule has 1 aliphatic heterocycles. The largest absolute Gasteiger partial charge is 0.343 e. The van der Waals surface area contributed by atoms with Crippen molar-refractivity contribution in [3.8, 4) is 0 Å². The number of hydrogen-bond acceptors (Lipinski definition) is 3. The summed E-state index contributed by atoms with van der Waals surface area (Å²) >= 11 is 1.62. The second kappa shape index (κ2) is 5.72. The smallest absolute Gasteiger partial charge is 0.247 e. The molecule has 0 bridgehead atoms. The molecule has 2 amide bonds. The Morgan fingerprint density at radius 1 is 1.35 bits per heavy atom. The Kier molecular flexibility index (Phi) is 4.03. The van der Waals surface area contributed by atoms with E-state index in [1.165, 1.54) is 0 Å². The number of rotatable bonds is 2. The SMILES string of the molecule is O=C1CCSC[C@H](C(=O)Nc2ccccc2)N1. The molecule has 90 valence electrons. The van der Waals surface area contributed by atoms with Crippen LogP contribution < -0.4 is 10.6 Å². The normalized spacial score (nSPS) is 20.2. The van der Waals surface area contributed by atoms with Crippen molar-refractivity contribution < 1.29 is 9.59 Å². The monoisotopic (exact) mass is 250 g/mol. The number of anilines is 1. The first kappa shape index (κ1) is 12.0. The molecule has 2 rings (SSSR count). The van der Waals surface area contributed by atoms with Crippen LogP contribution in [0.25, 0.3) is 0 Å². The number of carbonyl (C=O) groups is 2. The van der Waals surface area contributed by atoms with Gasteiger partial charge in [-0.15, -0.1) is 0 Å². The highest BCUT2D eigenvalue weighted by atomic mass is 32.2. The van der Waals surface area contributed by atoms with Crippen LogP contribution in [0.2, 0.25) is 0 Å². The number of benzene rings is 1. The minimum Gasteiger partial charge on any atom is -0.343 e. The molecule has 2 N–H and O–H groups in total. The Labute approximate surface area is 104 Å². The summed E-state index contributed by atoms with van der Waals surface area (Å²) in [5.41, 5.74) is 0.751. The van der Waals surface area contributed by atoms with Gasteiger partial charge in [0.2, 0.25) is 11.8 Å². The molecule has 5 heteroatoms. The average molecular weight is 250 g/mol. The molecule has 1 aromatic rings. The lowest BCUT2D eigenvalue weighted by Gasteiger charge is -2.15. The van der Waals surface area contributed by atoms with E-state index in [1.807, 2.05) is 30.3 Å². The van der Waals surface area contributed by atoms with Gasteiger partial charge < -0.3 is 10.6 Å². The molecule has 1 aliphatic rings. The number of carbonyl (C=O) groups excluding carboxylic acids is 2. The Balaban J connectivity index is 1.97. The van der Waals surface area contributed by atoms with Crippen LogP contribution in [-0.4, -0.2) is 29.4 Å². The van der Waals surface area contributed by atoms with Gasteiger partial charge in [-0.25, -0.2) is 0 Å². The van der Waals surface area contributed by atoms with E-state index in [9.17, 15) is 9.59 Å². The molecule has 17 heavy (non-hydrogen) atoms. The molecule has 1 heterocycles. The minimum absolute atomic E-state index is 0.0526. The van der Waals surface area contributed by atoms with E-state index < -0.39 is 6.04 Å². The molecular weight excluding hydrogens is 236 g/mol. The van der Waals surface area contributed by atoms with Gasteiger partial charge in [0.15, 0.2) is 0 Å². The third-order valence-corrected chi connectivity index (χ3v) is 3.51. The lowest BCUT2D eigenvalue weighted by atomic mass is 10.2. The fourth-order valence-corrected chi connectivity index (χ4v) is 2.53. The number of para-hydroxylation sites is 1. The van der Waals surface area contributed by atoms with Gasteiger partial charge in [-0.1, -0.05) is 18.2 Å². The van der Waals surface area contributed by atoms with E-state index in [4.69, 9.17) is 0 Å². The molecule has 1 atom stereocenters. The van der Waals surface area contributed by atoms with E-state index in [2.05, 4.69) is 10.6 Å². The van der Waals surface area contributed by atoms with Crippen LogP contribution in [0.5, 0.6) is 0 Å². The van der Waals surface area contributed by atoms with Crippen molar-refractivity contribution in [3.05, 3.63) is 30.3 Å². The highest BCUT2D eigenvalue weighted by Gasteiger charge is 2.23. The van der Waals surface area contributed by atoms with Gasteiger partial charge in [-0.3, -0.25) is 9.59 Å². The maximum absolute atomic E-state index is 11.9. The van der Waals surface area contributed by atoms with Gasteiger partial charge in [0.05, 0.1) is 0 Å². The maximum atomic E-state index is 11.9. The van der Waals surface area contributed by atoms with Crippen LogP contribution in [0.1, 0.15) is 6.42 Å². The van der Waals surface area contributed by atoms with E-state index in [-0.39, 0.29) is 11.8 Å².